The first-order chi connectivity index (χ1) is 14.5. The number of carbonyl (C=O) groups excluding carboxylic acids is 1. The Morgan fingerprint density at radius 2 is 1.67 bits per heavy atom. The zero-order valence-corrected chi connectivity index (χ0v) is 17.6. The van der Waals surface area contributed by atoms with Crippen molar-refractivity contribution in [2.45, 2.75) is 11.8 Å². The predicted molar refractivity (Wildman–Crippen MR) is 110 cm³/mol. The van der Waals surface area contributed by atoms with Crippen LogP contribution < -0.4 is 10.2 Å². The van der Waals surface area contributed by atoms with E-state index in [0.717, 1.165) is 5.69 Å². The lowest BCUT2D eigenvalue weighted by Crippen LogP contribution is -2.40. The monoisotopic (exact) mass is 435 g/mol. The second-order valence-corrected chi connectivity index (χ2v) is 9.12. The number of nitrogens with one attached hydrogen (secondary N) is 1. The molecule has 0 bridgehead atoms. The summed E-state index contributed by atoms with van der Waals surface area (Å²) in [6.07, 6.45) is 1.45. The van der Waals surface area contributed by atoms with Gasteiger partial charge in [-0.3, -0.25) is 4.79 Å². The summed E-state index contributed by atoms with van der Waals surface area (Å²) in [7, 11) is -3.69. The molecule has 30 heavy (non-hydrogen) atoms. The van der Waals surface area contributed by atoms with E-state index in [9.17, 15) is 13.2 Å². The van der Waals surface area contributed by atoms with Gasteiger partial charge in [0.2, 0.25) is 10.0 Å². The van der Waals surface area contributed by atoms with Gasteiger partial charge in [0.1, 0.15) is 0 Å². The molecule has 9 nitrogen and oxygen atoms in total. The van der Waals surface area contributed by atoms with Gasteiger partial charge in [0.15, 0.2) is 5.76 Å². The normalized spacial score (nSPS) is 18.4. The highest BCUT2D eigenvalue weighted by atomic mass is 32.2. The number of hydrogen-bond acceptors (Lipinski definition) is 7. The largest absolute Gasteiger partial charge is 0.459 e. The number of benzene rings is 1. The number of anilines is 2. The van der Waals surface area contributed by atoms with Crippen molar-refractivity contribution in [2.75, 3.05) is 62.8 Å². The summed E-state index contributed by atoms with van der Waals surface area (Å²) in [6.45, 7) is 5.56. The number of furan rings is 1. The van der Waals surface area contributed by atoms with Crippen LogP contribution in [-0.4, -0.2) is 71.2 Å². The van der Waals surface area contributed by atoms with Gasteiger partial charge in [-0.25, -0.2) is 8.42 Å². The van der Waals surface area contributed by atoms with Gasteiger partial charge in [-0.05, 0) is 31.2 Å². The topological polar surface area (TPSA) is 101 Å². The number of rotatable bonds is 5. The Hall–Kier alpha value is -2.40. The van der Waals surface area contributed by atoms with Crippen LogP contribution in [0.1, 0.15) is 16.1 Å². The smallest absolute Gasteiger partial charge is 0.291 e. The van der Waals surface area contributed by atoms with Gasteiger partial charge in [0.25, 0.3) is 5.91 Å². The van der Waals surface area contributed by atoms with Gasteiger partial charge in [0.05, 0.1) is 49.0 Å². The summed E-state index contributed by atoms with van der Waals surface area (Å²) < 4.78 is 43.6. The lowest BCUT2D eigenvalue weighted by Gasteiger charge is -2.31. The van der Waals surface area contributed by atoms with Crippen molar-refractivity contribution in [3.63, 3.8) is 0 Å². The van der Waals surface area contributed by atoms with Crippen molar-refractivity contribution in [1.29, 1.82) is 0 Å². The van der Waals surface area contributed by atoms with E-state index in [-0.39, 0.29) is 10.7 Å². The Morgan fingerprint density at radius 1 is 1.00 bits per heavy atom. The number of amides is 1. The summed E-state index contributed by atoms with van der Waals surface area (Å²) in [5.41, 5.74) is 1.88. The van der Waals surface area contributed by atoms with Gasteiger partial charge in [-0.1, -0.05) is 0 Å². The minimum absolute atomic E-state index is 0.132. The molecule has 1 aromatic carbocycles. The number of morpholine rings is 2. The Morgan fingerprint density at radius 3 is 2.30 bits per heavy atom. The lowest BCUT2D eigenvalue weighted by atomic mass is 10.2. The maximum atomic E-state index is 13.1. The van der Waals surface area contributed by atoms with Crippen LogP contribution in [0.25, 0.3) is 0 Å². The van der Waals surface area contributed by atoms with E-state index in [1.54, 1.807) is 25.1 Å². The van der Waals surface area contributed by atoms with E-state index in [0.29, 0.717) is 63.9 Å². The molecule has 0 spiro atoms. The van der Waals surface area contributed by atoms with E-state index in [1.165, 1.54) is 16.6 Å². The first-order valence-electron chi connectivity index (χ1n) is 9.87. The zero-order chi connectivity index (χ0) is 21.1. The number of hydrogen-bond donors (Lipinski definition) is 1. The highest BCUT2D eigenvalue weighted by Crippen LogP contribution is 2.31. The Bertz CT molecular complexity index is 1010. The zero-order valence-electron chi connectivity index (χ0n) is 16.8. The third-order valence-corrected chi connectivity index (χ3v) is 7.14. The summed E-state index contributed by atoms with van der Waals surface area (Å²) >= 11 is 0. The summed E-state index contributed by atoms with van der Waals surface area (Å²) in [5, 5.41) is 2.84. The van der Waals surface area contributed by atoms with E-state index in [1.807, 2.05) is 0 Å². The van der Waals surface area contributed by atoms with Crippen molar-refractivity contribution in [1.82, 2.24) is 4.31 Å². The molecule has 2 aromatic rings. The van der Waals surface area contributed by atoms with Crippen LogP contribution in [-0.2, 0) is 19.5 Å². The molecule has 1 aromatic heterocycles. The van der Waals surface area contributed by atoms with Gasteiger partial charge < -0.3 is 24.1 Å². The predicted octanol–water partition coefficient (Wildman–Crippen LogP) is 1.70. The Labute approximate surface area is 175 Å². The quantitative estimate of drug-likeness (QED) is 0.763. The fourth-order valence-electron chi connectivity index (χ4n) is 3.58. The molecular formula is C20H25N3O6S. The van der Waals surface area contributed by atoms with Crippen LogP contribution >= 0.6 is 0 Å². The molecule has 2 aliphatic heterocycles. The second-order valence-electron chi connectivity index (χ2n) is 7.18. The number of sulfonamides is 1. The third kappa shape index (κ3) is 4.22. The molecule has 4 rings (SSSR count). The van der Waals surface area contributed by atoms with E-state index in [2.05, 4.69) is 10.2 Å². The number of carbonyl (C=O) groups is 1. The Balaban J connectivity index is 1.69. The highest BCUT2D eigenvalue weighted by molar-refractivity contribution is 7.89. The number of ether oxygens (including phenoxy) is 2. The first kappa shape index (κ1) is 20.9. The average molecular weight is 436 g/mol. The molecule has 2 saturated heterocycles. The fraction of sp³-hybridized carbons (Fsp3) is 0.450. The molecule has 0 radical (unpaired) electrons. The van der Waals surface area contributed by atoms with Crippen LogP contribution in [0.5, 0.6) is 0 Å². The van der Waals surface area contributed by atoms with E-state index >= 15 is 0 Å². The van der Waals surface area contributed by atoms with Crippen molar-refractivity contribution in [3.8, 4) is 0 Å². The average Bonchev–Trinajstić information content (AvgIpc) is 3.21. The molecular weight excluding hydrogens is 410 g/mol. The third-order valence-electron chi connectivity index (χ3n) is 5.24. The number of aryl methyl sites for hydroxylation is 1. The standard InChI is InChI=1S/C20H25N3O6S/c1-15-4-9-29-19(15)20(24)21-17-14-16(30(25,26)23-7-12-28-13-8-23)2-3-18(17)22-5-10-27-11-6-22/h2-4,9,14H,5-8,10-13H2,1H3,(H,21,24). The molecule has 2 fully saturated rings. The second kappa shape index (κ2) is 8.76. The summed E-state index contributed by atoms with van der Waals surface area (Å²) in [4.78, 5) is 15.0. The number of nitrogens with zero attached hydrogens (tertiary/aromatic N) is 2. The Kier molecular flexibility index (Phi) is 6.09. The molecule has 162 valence electrons. The molecule has 1 amide bonds. The maximum absolute atomic E-state index is 13.1. The van der Waals surface area contributed by atoms with Crippen LogP contribution in [0.2, 0.25) is 0 Å². The molecule has 0 aliphatic carbocycles. The lowest BCUT2D eigenvalue weighted by molar-refractivity contribution is 0.0730. The highest BCUT2D eigenvalue weighted by Gasteiger charge is 2.28. The van der Waals surface area contributed by atoms with Crippen LogP contribution in [0.3, 0.4) is 0 Å². The van der Waals surface area contributed by atoms with Crippen LogP contribution in [0, 0.1) is 6.92 Å². The van der Waals surface area contributed by atoms with Crippen molar-refractivity contribution in [3.05, 3.63) is 41.9 Å². The first-order valence-corrected chi connectivity index (χ1v) is 11.3. The molecule has 3 heterocycles. The van der Waals surface area contributed by atoms with Gasteiger partial charge in [-0.15, -0.1) is 0 Å². The van der Waals surface area contributed by atoms with Gasteiger partial charge in [0, 0.05) is 31.7 Å². The molecule has 0 atom stereocenters. The minimum Gasteiger partial charge on any atom is -0.459 e. The van der Waals surface area contributed by atoms with E-state index in [4.69, 9.17) is 13.9 Å². The van der Waals surface area contributed by atoms with E-state index < -0.39 is 15.9 Å². The van der Waals surface area contributed by atoms with Gasteiger partial charge in [-0.2, -0.15) is 4.31 Å². The molecule has 2 aliphatic rings. The van der Waals surface area contributed by atoms with Crippen molar-refractivity contribution in [2.24, 2.45) is 0 Å². The van der Waals surface area contributed by atoms with Crippen LogP contribution in [0.15, 0.2) is 39.8 Å². The van der Waals surface area contributed by atoms with Crippen molar-refractivity contribution >= 4 is 27.3 Å². The minimum atomic E-state index is -3.69. The van der Waals surface area contributed by atoms with Gasteiger partial charge >= 0.3 is 0 Å². The molecule has 10 heteroatoms. The molecule has 0 saturated carbocycles. The summed E-state index contributed by atoms with van der Waals surface area (Å²) in [6, 6.07) is 6.55. The SMILES string of the molecule is Cc1ccoc1C(=O)Nc1cc(S(=O)(=O)N2CCOCC2)ccc1N1CCOCC1. The molecule has 0 unspecified atom stereocenters. The van der Waals surface area contributed by atoms with Crippen molar-refractivity contribution < 1.29 is 27.1 Å². The fourth-order valence-corrected chi connectivity index (χ4v) is 5.01. The van der Waals surface area contributed by atoms with Crippen LogP contribution in [0.4, 0.5) is 11.4 Å². The molecule has 1 N–H and O–H groups in total. The maximum Gasteiger partial charge on any atom is 0.291 e. The summed E-state index contributed by atoms with van der Waals surface area (Å²) in [5.74, 6) is -0.225.